The van der Waals surface area contributed by atoms with Gasteiger partial charge in [-0.05, 0) is 61.7 Å². The van der Waals surface area contributed by atoms with Gasteiger partial charge in [0.05, 0.1) is 19.1 Å². The molecule has 2 aromatic rings. The Hall–Kier alpha value is -3.11. The van der Waals surface area contributed by atoms with Crippen molar-refractivity contribution in [2.75, 3.05) is 27.3 Å². The molecule has 1 aliphatic rings. The molecule has 1 unspecified atom stereocenters. The van der Waals surface area contributed by atoms with Crippen LogP contribution in [0.3, 0.4) is 0 Å². The van der Waals surface area contributed by atoms with E-state index in [-0.39, 0.29) is 35.7 Å². The number of carbonyl (C=O) groups is 2. The molecular weight excluding hydrogens is 458 g/mol. The number of rotatable bonds is 9. The smallest absolute Gasteiger partial charge is 0.243 e. The minimum absolute atomic E-state index is 0.193. The zero-order valence-electron chi connectivity index (χ0n) is 19.6. The lowest BCUT2D eigenvalue weighted by Gasteiger charge is -2.31. The first kappa shape index (κ1) is 25.5. The Labute approximate surface area is 200 Å². The number of nitrogens with zero attached hydrogens (tertiary/aromatic N) is 1. The molecule has 0 radical (unpaired) electrons. The van der Waals surface area contributed by atoms with Crippen LogP contribution in [0.2, 0.25) is 0 Å². The van der Waals surface area contributed by atoms with E-state index < -0.39 is 16.1 Å². The predicted molar refractivity (Wildman–Crippen MR) is 127 cm³/mol. The van der Waals surface area contributed by atoms with E-state index in [1.54, 1.807) is 26.2 Å². The number of benzene rings is 2. The molecule has 1 heterocycles. The second-order valence-corrected chi connectivity index (χ2v) is 10.1. The summed E-state index contributed by atoms with van der Waals surface area (Å²) < 4.78 is 37.3. The minimum Gasteiger partial charge on any atom is -0.497 e. The lowest BCUT2D eigenvalue weighted by molar-refractivity contribution is -0.131. The second-order valence-electron chi connectivity index (χ2n) is 8.15. The fourth-order valence-electron chi connectivity index (χ4n) is 3.74. The van der Waals surface area contributed by atoms with E-state index in [2.05, 4.69) is 10.6 Å². The third-order valence-corrected chi connectivity index (χ3v) is 7.81. The van der Waals surface area contributed by atoms with Crippen LogP contribution < -0.4 is 20.1 Å². The van der Waals surface area contributed by atoms with Crippen molar-refractivity contribution in [2.24, 2.45) is 5.92 Å². The average molecular weight is 490 g/mol. The van der Waals surface area contributed by atoms with Crippen molar-refractivity contribution in [3.8, 4) is 11.5 Å². The van der Waals surface area contributed by atoms with Crippen molar-refractivity contribution in [3.63, 3.8) is 0 Å². The van der Waals surface area contributed by atoms with Crippen molar-refractivity contribution in [2.45, 2.75) is 37.2 Å². The highest BCUT2D eigenvalue weighted by Gasteiger charge is 2.33. The van der Waals surface area contributed by atoms with Crippen molar-refractivity contribution < 1.29 is 27.5 Å². The largest absolute Gasteiger partial charge is 0.497 e. The van der Waals surface area contributed by atoms with Crippen LogP contribution in [0.15, 0.2) is 53.4 Å². The normalized spacial score (nSPS) is 15.9. The molecule has 2 N–H and O–H groups in total. The monoisotopic (exact) mass is 489 g/mol. The molecule has 1 aliphatic heterocycles. The van der Waals surface area contributed by atoms with Gasteiger partial charge in [0.15, 0.2) is 0 Å². The molecule has 34 heavy (non-hydrogen) atoms. The van der Waals surface area contributed by atoms with E-state index in [1.807, 2.05) is 24.3 Å². The Morgan fingerprint density at radius 2 is 1.50 bits per heavy atom. The van der Waals surface area contributed by atoms with Gasteiger partial charge in [0, 0.05) is 25.6 Å². The zero-order valence-corrected chi connectivity index (χ0v) is 20.4. The molecule has 0 aromatic heterocycles. The fraction of sp³-hybridized carbons (Fsp3) is 0.417. The summed E-state index contributed by atoms with van der Waals surface area (Å²) in [5.74, 6) is 0.437. The molecule has 3 rings (SSSR count). The van der Waals surface area contributed by atoms with Gasteiger partial charge in [0.1, 0.15) is 17.5 Å². The van der Waals surface area contributed by atoms with Crippen LogP contribution in [0.1, 0.15) is 25.3 Å². The minimum atomic E-state index is -3.64. The number of sulfonamides is 1. The van der Waals surface area contributed by atoms with Crippen LogP contribution >= 0.6 is 0 Å². The number of piperidine rings is 1. The van der Waals surface area contributed by atoms with E-state index in [1.165, 1.54) is 23.5 Å². The van der Waals surface area contributed by atoms with Crippen molar-refractivity contribution in [1.82, 2.24) is 14.9 Å². The Morgan fingerprint density at radius 1 is 0.971 bits per heavy atom. The van der Waals surface area contributed by atoms with Crippen molar-refractivity contribution in [3.05, 3.63) is 54.1 Å². The Morgan fingerprint density at radius 3 is 2.03 bits per heavy atom. The Kier molecular flexibility index (Phi) is 8.51. The molecule has 184 valence electrons. The van der Waals surface area contributed by atoms with Crippen LogP contribution in [0, 0.1) is 5.92 Å². The molecule has 0 aliphatic carbocycles. The number of hydrogen-bond donors (Lipinski definition) is 2. The number of hydrogen-bond acceptors (Lipinski definition) is 6. The average Bonchev–Trinajstić information content (AvgIpc) is 2.87. The molecule has 2 aromatic carbocycles. The summed E-state index contributed by atoms with van der Waals surface area (Å²) in [6.07, 6.45) is 0.781. The highest BCUT2D eigenvalue weighted by Crippen LogP contribution is 2.25. The summed E-state index contributed by atoms with van der Waals surface area (Å²) in [6, 6.07) is 12.9. The van der Waals surface area contributed by atoms with Crippen LogP contribution in [-0.4, -0.2) is 57.9 Å². The number of carbonyl (C=O) groups excluding carboxylic acids is 2. The van der Waals surface area contributed by atoms with Crippen molar-refractivity contribution >= 4 is 21.8 Å². The molecule has 0 spiro atoms. The summed E-state index contributed by atoms with van der Waals surface area (Å²) in [5, 5.41) is 5.56. The molecule has 0 saturated carbocycles. The van der Waals surface area contributed by atoms with Gasteiger partial charge < -0.3 is 20.1 Å². The van der Waals surface area contributed by atoms with E-state index in [9.17, 15) is 18.0 Å². The lowest BCUT2D eigenvalue weighted by atomic mass is 9.97. The Balaban J connectivity index is 1.47. The van der Waals surface area contributed by atoms with Gasteiger partial charge in [-0.2, -0.15) is 4.31 Å². The molecule has 10 heteroatoms. The topological polar surface area (TPSA) is 114 Å². The first-order chi connectivity index (χ1) is 16.2. The van der Waals surface area contributed by atoms with E-state index in [4.69, 9.17) is 9.47 Å². The summed E-state index contributed by atoms with van der Waals surface area (Å²) in [6.45, 7) is 2.45. The van der Waals surface area contributed by atoms with Gasteiger partial charge in [-0.3, -0.25) is 9.59 Å². The van der Waals surface area contributed by atoms with Crippen LogP contribution in [-0.2, 0) is 26.2 Å². The van der Waals surface area contributed by atoms with Gasteiger partial charge in [0.25, 0.3) is 0 Å². The zero-order chi connectivity index (χ0) is 24.7. The van der Waals surface area contributed by atoms with Gasteiger partial charge in [-0.25, -0.2) is 8.42 Å². The van der Waals surface area contributed by atoms with Gasteiger partial charge >= 0.3 is 0 Å². The summed E-state index contributed by atoms with van der Waals surface area (Å²) in [5.41, 5.74) is 0.915. The Bertz CT molecular complexity index is 1080. The highest BCUT2D eigenvalue weighted by molar-refractivity contribution is 7.89. The van der Waals surface area contributed by atoms with E-state index in [0.29, 0.717) is 25.1 Å². The van der Waals surface area contributed by atoms with Gasteiger partial charge in [0.2, 0.25) is 21.8 Å². The molecule has 0 bridgehead atoms. The third kappa shape index (κ3) is 6.27. The second kappa shape index (κ2) is 11.3. The molecule has 1 fully saturated rings. The van der Waals surface area contributed by atoms with Gasteiger partial charge in [-0.15, -0.1) is 0 Å². The highest BCUT2D eigenvalue weighted by atomic mass is 32.2. The first-order valence-corrected chi connectivity index (χ1v) is 12.5. The maximum absolute atomic E-state index is 12.9. The first-order valence-electron chi connectivity index (χ1n) is 11.1. The summed E-state index contributed by atoms with van der Waals surface area (Å²) >= 11 is 0. The SMILES string of the molecule is COc1ccc(CNC(=O)C(C)NC(=O)C2CCN(S(=O)(=O)c3ccc(OC)cc3)CC2)cc1. The summed E-state index contributed by atoms with van der Waals surface area (Å²) in [7, 11) is -0.530. The molecular formula is C24H31N3O6S. The number of amides is 2. The van der Waals surface area contributed by atoms with E-state index in [0.717, 1.165) is 11.3 Å². The van der Waals surface area contributed by atoms with Crippen molar-refractivity contribution in [1.29, 1.82) is 0 Å². The fourth-order valence-corrected chi connectivity index (χ4v) is 5.21. The maximum Gasteiger partial charge on any atom is 0.243 e. The third-order valence-electron chi connectivity index (χ3n) is 5.90. The van der Waals surface area contributed by atoms with Crippen LogP contribution in [0.25, 0.3) is 0 Å². The number of ether oxygens (including phenoxy) is 2. The van der Waals surface area contributed by atoms with Crippen LogP contribution in [0.5, 0.6) is 11.5 Å². The van der Waals surface area contributed by atoms with Gasteiger partial charge in [-0.1, -0.05) is 12.1 Å². The van der Waals surface area contributed by atoms with Crippen LogP contribution in [0.4, 0.5) is 0 Å². The molecule has 1 saturated heterocycles. The summed E-state index contributed by atoms with van der Waals surface area (Å²) in [4.78, 5) is 25.3. The number of methoxy groups -OCH3 is 2. The quantitative estimate of drug-likeness (QED) is 0.556. The molecule has 1 atom stereocenters. The molecule has 9 nitrogen and oxygen atoms in total. The lowest BCUT2D eigenvalue weighted by Crippen LogP contribution is -2.49. The standard InChI is InChI=1S/C24H31N3O6S/c1-17(23(28)25-16-18-4-6-20(32-2)7-5-18)26-24(29)19-12-14-27(15-13-19)34(30,31)22-10-8-21(33-3)9-11-22/h4-11,17,19H,12-16H2,1-3H3,(H,25,28)(H,26,29). The maximum atomic E-state index is 12.9. The van der Waals surface area contributed by atoms with E-state index >= 15 is 0 Å². The predicted octanol–water partition coefficient (Wildman–Crippen LogP) is 1.93. The molecule has 2 amide bonds. The number of nitrogens with one attached hydrogen (secondary N) is 2.